The van der Waals surface area contributed by atoms with Crippen molar-refractivity contribution < 1.29 is 9.18 Å². The van der Waals surface area contributed by atoms with Crippen LogP contribution in [0.2, 0.25) is 0 Å². The lowest BCUT2D eigenvalue weighted by Gasteiger charge is -2.25. The first-order chi connectivity index (χ1) is 8.13. The van der Waals surface area contributed by atoms with Gasteiger partial charge in [-0.2, -0.15) is 0 Å². The molecule has 0 aromatic heterocycles. The molecule has 1 heterocycles. The number of nitrogens with zero attached hydrogens (tertiary/aromatic N) is 1. The van der Waals surface area contributed by atoms with E-state index in [1.54, 1.807) is 18.0 Å². The second-order valence-electron chi connectivity index (χ2n) is 4.39. The highest BCUT2D eigenvalue weighted by atomic mass is 19.1. The number of likely N-dealkylation sites (tertiary alicyclic amines) is 1. The first kappa shape index (κ1) is 12.0. The summed E-state index contributed by atoms with van der Waals surface area (Å²) in [7, 11) is 1.79. The van der Waals surface area contributed by atoms with Gasteiger partial charge in [-0.1, -0.05) is 12.1 Å². The van der Waals surface area contributed by atoms with Crippen LogP contribution in [0, 0.1) is 5.82 Å². The van der Waals surface area contributed by atoms with Gasteiger partial charge in [-0.3, -0.25) is 4.79 Å². The van der Waals surface area contributed by atoms with Crippen molar-refractivity contribution in [3.63, 3.8) is 0 Å². The third-order valence-corrected chi connectivity index (χ3v) is 3.39. The van der Waals surface area contributed by atoms with E-state index < -0.39 is 0 Å². The van der Waals surface area contributed by atoms with Gasteiger partial charge in [0.25, 0.3) is 0 Å². The standard InChI is InChI=1S/C13H17FN2O/c1-9(10-4-3-5-11(14)8-10)16-7-6-12(15-2)13(16)17/h3-5,8-9,12,15H,6-7H2,1-2H3. The molecule has 2 atom stereocenters. The molecule has 1 aliphatic heterocycles. The second-order valence-corrected chi connectivity index (χ2v) is 4.39. The Kier molecular flexibility index (Phi) is 3.43. The van der Waals surface area contributed by atoms with Crippen LogP contribution in [-0.2, 0) is 4.79 Å². The van der Waals surface area contributed by atoms with Gasteiger partial charge in [0.1, 0.15) is 5.82 Å². The molecule has 2 unspecified atom stereocenters. The van der Waals surface area contributed by atoms with E-state index in [0.717, 1.165) is 18.5 Å². The predicted molar refractivity (Wildman–Crippen MR) is 64.0 cm³/mol. The molecule has 1 amide bonds. The summed E-state index contributed by atoms with van der Waals surface area (Å²) >= 11 is 0. The van der Waals surface area contributed by atoms with Gasteiger partial charge in [0.15, 0.2) is 0 Å². The first-order valence-electron chi connectivity index (χ1n) is 5.86. The molecular weight excluding hydrogens is 219 g/mol. The lowest BCUT2D eigenvalue weighted by Crippen LogP contribution is -2.37. The Balaban J connectivity index is 2.16. The van der Waals surface area contributed by atoms with Gasteiger partial charge in [0.2, 0.25) is 5.91 Å². The number of benzene rings is 1. The molecule has 17 heavy (non-hydrogen) atoms. The maximum atomic E-state index is 13.1. The van der Waals surface area contributed by atoms with E-state index in [9.17, 15) is 9.18 Å². The molecule has 0 spiro atoms. The summed E-state index contributed by atoms with van der Waals surface area (Å²) in [5.41, 5.74) is 0.843. The van der Waals surface area contributed by atoms with E-state index in [4.69, 9.17) is 0 Å². The summed E-state index contributed by atoms with van der Waals surface area (Å²) in [6.07, 6.45) is 0.814. The molecule has 0 bridgehead atoms. The lowest BCUT2D eigenvalue weighted by molar-refractivity contribution is -0.131. The maximum absolute atomic E-state index is 13.1. The summed E-state index contributed by atoms with van der Waals surface area (Å²) in [5, 5.41) is 3.00. The normalized spacial score (nSPS) is 21.9. The Morgan fingerprint density at radius 2 is 2.29 bits per heavy atom. The van der Waals surface area contributed by atoms with Gasteiger partial charge in [-0.15, -0.1) is 0 Å². The molecule has 92 valence electrons. The van der Waals surface area contributed by atoms with E-state index >= 15 is 0 Å². The fourth-order valence-corrected chi connectivity index (χ4v) is 2.30. The van der Waals surface area contributed by atoms with Crippen molar-refractivity contribution in [3.8, 4) is 0 Å². The largest absolute Gasteiger partial charge is 0.335 e. The second kappa shape index (κ2) is 4.84. The van der Waals surface area contributed by atoms with E-state index in [0.29, 0.717) is 0 Å². The van der Waals surface area contributed by atoms with Crippen LogP contribution in [0.1, 0.15) is 24.9 Å². The highest BCUT2D eigenvalue weighted by Gasteiger charge is 2.33. The maximum Gasteiger partial charge on any atom is 0.240 e. The molecule has 4 heteroatoms. The highest BCUT2D eigenvalue weighted by Crippen LogP contribution is 2.25. The molecule has 1 saturated heterocycles. The number of likely N-dealkylation sites (N-methyl/N-ethyl adjacent to an activating group) is 1. The minimum Gasteiger partial charge on any atom is -0.335 e. The molecule has 1 N–H and O–H groups in total. The number of amides is 1. The Labute approximate surface area is 101 Å². The van der Waals surface area contributed by atoms with Crippen molar-refractivity contribution in [1.82, 2.24) is 10.2 Å². The third-order valence-electron chi connectivity index (χ3n) is 3.39. The van der Waals surface area contributed by atoms with Gasteiger partial charge < -0.3 is 10.2 Å². The van der Waals surface area contributed by atoms with E-state index in [1.165, 1.54) is 12.1 Å². The van der Waals surface area contributed by atoms with Crippen molar-refractivity contribution >= 4 is 5.91 Å². The Morgan fingerprint density at radius 1 is 1.53 bits per heavy atom. The van der Waals surface area contributed by atoms with Crippen LogP contribution in [0.3, 0.4) is 0 Å². The van der Waals surface area contributed by atoms with Gasteiger partial charge in [0, 0.05) is 6.54 Å². The molecule has 1 aliphatic rings. The number of halogens is 1. The average molecular weight is 236 g/mol. The van der Waals surface area contributed by atoms with Gasteiger partial charge in [0.05, 0.1) is 12.1 Å². The summed E-state index contributed by atoms with van der Waals surface area (Å²) in [6, 6.07) is 6.27. The number of hydrogen-bond acceptors (Lipinski definition) is 2. The van der Waals surface area contributed by atoms with Crippen LogP contribution in [0.25, 0.3) is 0 Å². The summed E-state index contributed by atoms with van der Waals surface area (Å²) < 4.78 is 13.1. The molecule has 0 aliphatic carbocycles. The number of nitrogens with one attached hydrogen (secondary N) is 1. The lowest BCUT2D eigenvalue weighted by atomic mass is 10.1. The zero-order valence-electron chi connectivity index (χ0n) is 10.1. The van der Waals surface area contributed by atoms with Crippen molar-refractivity contribution in [2.75, 3.05) is 13.6 Å². The van der Waals surface area contributed by atoms with Crippen LogP contribution < -0.4 is 5.32 Å². The predicted octanol–water partition coefficient (Wildman–Crippen LogP) is 1.71. The number of rotatable bonds is 3. The SMILES string of the molecule is CNC1CCN(C(C)c2cccc(F)c2)C1=O. The summed E-state index contributed by atoms with van der Waals surface area (Å²) in [6.45, 7) is 2.66. The quantitative estimate of drug-likeness (QED) is 0.866. The number of carbonyl (C=O) groups is 1. The topological polar surface area (TPSA) is 32.3 Å². The van der Waals surface area contributed by atoms with E-state index in [1.807, 2.05) is 13.0 Å². The smallest absolute Gasteiger partial charge is 0.240 e. The first-order valence-corrected chi connectivity index (χ1v) is 5.86. The summed E-state index contributed by atoms with van der Waals surface area (Å²) in [5.74, 6) is -0.157. The molecule has 1 aromatic carbocycles. The molecule has 1 aromatic rings. The minimum atomic E-state index is -0.258. The van der Waals surface area contributed by atoms with Crippen molar-refractivity contribution in [3.05, 3.63) is 35.6 Å². The van der Waals surface area contributed by atoms with Crippen molar-refractivity contribution in [2.24, 2.45) is 0 Å². The van der Waals surface area contributed by atoms with Gasteiger partial charge in [-0.25, -0.2) is 4.39 Å². The average Bonchev–Trinajstić information content (AvgIpc) is 2.69. The van der Waals surface area contributed by atoms with E-state index in [-0.39, 0.29) is 23.8 Å². The Hall–Kier alpha value is -1.42. The zero-order chi connectivity index (χ0) is 12.4. The molecule has 0 radical (unpaired) electrons. The fraction of sp³-hybridized carbons (Fsp3) is 0.462. The zero-order valence-corrected chi connectivity index (χ0v) is 10.1. The third kappa shape index (κ3) is 2.31. The van der Waals surface area contributed by atoms with Crippen LogP contribution in [0.5, 0.6) is 0 Å². The van der Waals surface area contributed by atoms with Crippen molar-refractivity contribution in [2.45, 2.75) is 25.4 Å². The summed E-state index contributed by atoms with van der Waals surface area (Å²) in [4.78, 5) is 13.8. The Morgan fingerprint density at radius 3 is 2.88 bits per heavy atom. The molecule has 1 fully saturated rings. The van der Waals surface area contributed by atoms with Gasteiger partial charge in [-0.05, 0) is 38.1 Å². The van der Waals surface area contributed by atoms with Crippen LogP contribution >= 0.6 is 0 Å². The van der Waals surface area contributed by atoms with Crippen molar-refractivity contribution in [1.29, 1.82) is 0 Å². The van der Waals surface area contributed by atoms with Crippen LogP contribution in [0.4, 0.5) is 4.39 Å². The number of hydrogen-bond donors (Lipinski definition) is 1. The fourth-order valence-electron chi connectivity index (χ4n) is 2.30. The monoisotopic (exact) mass is 236 g/mol. The highest BCUT2D eigenvalue weighted by molar-refractivity contribution is 5.84. The molecular formula is C13H17FN2O. The number of carbonyl (C=O) groups excluding carboxylic acids is 1. The van der Waals surface area contributed by atoms with Crippen LogP contribution in [0.15, 0.2) is 24.3 Å². The Bertz CT molecular complexity index is 422. The molecule has 2 rings (SSSR count). The van der Waals surface area contributed by atoms with E-state index in [2.05, 4.69) is 5.32 Å². The minimum absolute atomic E-state index is 0.0726. The van der Waals surface area contributed by atoms with Gasteiger partial charge >= 0.3 is 0 Å². The molecule has 0 saturated carbocycles. The van der Waals surface area contributed by atoms with Crippen LogP contribution in [-0.4, -0.2) is 30.4 Å². The molecule has 3 nitrogen and oxygen atoms in total.